The number of amides is 1. The van der Waals surface area contributed by atoms with E-state index in [1.807, 2.05) is 6.92 Å². The molecule has 0 aromatic heterocycles. The highest BCUT2D eigenvalue weighted by molar-refractivity contribution is 5.81. The van der Waals surface area contributed by atoms with Crippen molar-refractivity contribution in [2.24, 2.45) is 0 Å². The zero-order valence-corrected chi connectivity index (χ0v) is 12.4. The van der Waals surface area contributed by atoms with Crippen molar-refractivity contribution in [3.63, 3.8) is 0 Å². The van der Waals surface area contributed by atoms with Gasteiger partial charge in [0.2, 0.25) is 11.7 Å². The van der Waals surface area contributed by atoms with Gasteiger partial charge in [0.15, 0.2) is 11.5 Å². The number of hydrogen-bond acceptors (Lipinski definition) is 5. The van der Waals surface area contributed by atoms with E-state index in [-0.39, 0.29) is 12.5 Å². The molecule has 0 fully saturated rings. The molecular weight excluding hydrogens is 260 g/mol. The standard InChI is InChI=1S/C14H22N2O4/c1-5-6-15-13(17)9-16-10-7-11(18-2)14(20-4)12(8-10)19-3/h7-8,16H,5-6,9H2,1-4H3,(H,15,17). The van der Waals surface area contributed by atoms with Crippen molar-refractivity contribution >= 4 is 11.6 Å². The predicted molar refractivity (Wildman–Crippen MR) is 77.9 cm³/mol. The van der Waals surface area contributed by atoms with Gasteiger partial charge < -0.3 is 24.8 Å². The first-order chi connectivity index (χ1) is 9.65. The zero-order chi connectivity index (χ0) is 15.0. The molecule has 0 radical (unpaired) electrons. The van der Waals surface area contributed by atoms with E-state index in [9.17, 15) is 4.79 Å². The van der Waals surface area contributed by atoms with Crippen LogP contribution in [0.5, 0.6) is 17.2 Å². The first kappa shape index (κ1) is 15.9. The van der Waals surface area contributed by atoms with Gasteiger partial charge >= 0.3 is 0 Å². The first-order valence-electron chi connectivity index (χ1n) is 6.46. The van der Waals surface area contributed by atoms with E-state index in [2.05, 4.69) is 10.6 Å². The molecule has 0 atom stereocenters. The Morgan fingerprint density at radius 3 is 2.15 bits per heavy atom. The smallest absolute Gasteiger partial charge is 0.239 e. The molecular formula is C14H22N2O4. The minimum Gasteiger partial charge on any atom is -0.493 e. The molecule has 0 saturated heterocycles. The number of ether oxygens (including phenoxy) is 3. The molecule has 0 bridgehead atoms. The molecule has 6 heteroatoms. The second kappa shape index (κ2) is 8.14. The normalized spacial score (nSPS) is 9.80. The van der Waals surface area contributed by atoms with Gasteiger partial charge in [-0.25, -0.2) is 0 Å². The molecule has 0 unspecified atom stereocenters. The summed E-state index contributed by atoms with van der Waals surface area (Å²) in [5.41, 5.74) is 0.728. The third kappa shape index (κ3) is 4.22. The number of benzene rings is 1. The van der Waals surface area contributed by atoms with Crippen molar-refractivity contribution in [1.29, 1.82) is 0 Å². The maximum Gasteiger partial charge on any atom is 0.239 e. The molecule has 0 aliphatic rings. The van der Waals surface area contributed by atoms with Gasteiger partial charge in [-0.15, -0.1) is 0 Å². The number of rotatable bonds is 8. The summed E-state index contributed by atoms with van der Waals surface area (Å²) in [6.07, 6.45) is 0.913. The average Bonchev–Trinajstić information content (AvgIpc) is 2.49. The predicted octanol–water partition coefficient (Wildman–Crippen LogP) is 1.65. The topological polar surface area (TPSA) is 68.8 Å². The van der Waals surface area contributed by atoms with Gasteiger partial charge in [-0.05, 0) is 6.42 Å². The quantitative estimate of drug-likeness (QED) is 0.759. The summed E-state index contributed by atoms with van der Waals surface area (Å²) in [6, 6.07) is 3.52. The van der Waals surface area contributed by atoms with E-state index in [0.717, 1.165) is 12.1 Å². The van der Waals surface area contributed by atoms with Crippen LogP contribution in [0.2, 0.25) is 0 Å². The fraction of sp³-hybridized carbons (Fsp3) is 0.500. The summed E-state index contributed by atoms with van der Waals surface area (Å²) < 4.78 is 15.7. The Kier molecular flexibility index (Phi) is 6.49. The summed E-state index contributed by atoms with van der Waals surface area (Å²) in [5, 5.41) is 5.82. The SMILES string of the molecule is CCCNC(=O)CNc1cc(OC)c(OC)c(OC)c1. The second-order valence-corrected chi connectivity index (χ2v) is 4.12. The number of anilines is 1. The molecule has 112 valence electrons. The molecule has 2 N–H and O–H groups in total. The minimum absolute atomic E-state index is 0.0550. The Morgan fingerprint density at radius 1 is 1.10 bits per heavy atom. The van der Waals surface area contributed by atoms with Gasteiger partial charge in [-0.2, -0.15) is 0 Å². The monoisotopic (exact) mass is 282 g/mol. The maximum absolute atomic E-state index is 11.5. The van der Waals surface area contributed by atoms with E-state index in [0.29, 0.717) is 23.8 Å². The van der Waals surface area contributed by atoms with E-state index in [1.165, 1.54) is 0 Å². The number of nitrogens with one attached hydrogen (secondary N) is 2. The van der Waals surface area contributed by atoms with Crippen LogP contribution in [0.3, 0.4) is 0 Å². The van der Waals surface area contributed by atoms with Gasteiger partial charge in [0.05, 0.1) is 27.9 Å². The Labute approximate surface area is 119 Å². The first-order valence-corrected chi connectivity index (χ1v) is 6.46. The number of carbonyl (C=O) groups excluding carboxylic acids is 1. The van der Waals surface area contributed by atoms with Crippen molar-refractivity contribution in [3.05, 3.63) is 12.1 Å². The van der Waals surface area contributed by atoms with Crippen LogP contribution in [-0.2, 0) is 4.79 Å². The highest BCUT2D eigenvalue weighted by atomic mass is 16.5. The third-order valence-electron chi connectivity index (χ3n) is 2.69. The molecule has 1 amide bonds. The van der Waals surface area contributed by atoms with Crippen molar-refractivity contribution in [2.75, 3.05) is 39.7 Å². The summed E-state index contributed by atoms with van der Waals surface area (Å²) in [7, 11) is 4.65. The van der Waals surface area contributed by atoms with Gasteiger partial charge in [0.25, 0.3) is 0 Å². The molecule has 0 spiro atoms. The summed E-state index contributed by atoms with van der Waals surface area (Å²) in [4.78, 5) is 11.5. The number of methoxy groups -OCH3 is 3. The Balaban J connectivity index is 2.78. The van der Waals surface area contributed by atoms with Gasteiger partial charge in [0, 0.05) is 24.4 Å². The molecule has 1 aromatic rings. The molecule has 0 aliphatic carbocycles. The molecule has 1 rings (SSSR count). The molecule has 0 aliphatic heterocycles. The Bertz CT molecular complexity index is 424. The lowest BCUT2D eigenvalue weighted by molar-refractivity contribution is -0.119. The van der Waals surface area contributed by atoms with Gasteiger partial charge in [0.1, 0.15) is 0 Å². The lowest BCUT2D eigenvalue weighted by Crippen LogP contribution is -2.30. The summed E-state index contributed by atoms with van der Waals surface area (Å²) in [5.74, 6) is 1.56. The van der Waals surface area contributed by atoms with Crippen LogP contribution in [0.25, 0.3) is 0 Å². The van der Waals surface area contributed by atoms with Crippen molar-refractivity contribution < 1.29 is 19.0 Å². The fourth-order valence-electron chi connectivity index (χ4n) is 1.69. The number of carbonyl (C=O) groups is 1. The van der Waals surface area contributed by atoms with Crippen LogP contribution >= 0.6 is 0 Å². The van der Waals surface area contributed by atoms with E-state index in [4.69, 9.17) is 14.2 Å². The summed E-state index contributed by atoms with van der Waals surface area (Å²) in [6.45, 7) is 2.88. The Morgan fingerprint density at radius 2 is 1.70 bits per heavy atom. The van der Waals surface area contributed by atoms with Gasteiger partial charge in [-0.3, -0.25) is 4.79 Å². The average molecular weight is 282 g/mol. The fourth-order valence-corrected chi connectivity index (χ4v) is 1.69. The highest BCUT2D eigenvalue weighted by Crippen LogP contribution is 2.39. The molecule has 0 saturated carbocycles. The van der Waals surface area contributed by atoms with Gasteiger partial charge in [-0.1, -0.05) is 6.92 Å². The van der Waals surface area contributed by atoms with Crippen LogP contribution in [0.4, 0.5) is 5.69 Å². The van der Waals surface area contributed by atoms with E-state index >= 15 is 0 Å². The lowest BCUT2D eigenvalue weighted by Gasteiger charge is -2.15. The van der Waals surface area contributed by atoms with Crippen molar-refractivity contribution in [3.8, 4) is 17.2 Å². The second-order valence-electron chi connectivity index (χ2n) is 4.12. The van der Waals surface area contributed by atoms with Crippen molar-refractivity contribution in [1.82, 2.24) is 5.32 Å². The molecule has 0 heterocycles. The van der Waals surface area contributed by atoms with E-state index < -0.39 is 0 Å². The molecule has 6 nitrogen and oxygen atoms in total. The zero-order valence-electron chi connectivity index (χ0n) is 12.4. The van der Waals surface area contributed by atoms with Crippen LogP contribution < -0.4 is 24.8 Å². The minimum atomic E-state index is -0.0550. The Hall–Kier alpha value is -2.11. The molecule has 20 heavy (non-hydrogen) atoms. The largest absolute Gasteiger partial charge is 0.493 e. The van der Waals surface area contributed by atoms with Crippen LogP contribution in [-0.4, -0.2) is 40.3 Å². The van der Waals surface area contributed by atoms with Crippen molar-refractivity contribution in [2.45, 2.75) is 13.3 Å². The number of hydrogen-bond donors (Lipinski definition) is 2. The highest BCUT2D eigenvalue weighted by Gasteiger charge is 2.13. The third-order valence-corrected chi connectivity index (χ3v) is 2.69. The van der Waals surface area contributed by atoms with Crippen LogP contribution in [0.1, 0.15) is 13.3 Å². The summed E-state index contributed by atoms with van der Waals surface area (Å²) >= 11 is 0. The lowest BCUT2D eigenvalue weighted by atomic mass is 10.2. The van der Waals surface area contributed by atoms with Crippen LogP contribution in [0, 0.1) is 0 Å². The maximum atomic E-state index is 11.5. The molecule has 1 aromatic carbocycles. The van der Waals surface area contributed by atoms with E-state index in [1.54, 1.807) is 33.5 Å². The van der Waals surface area contributed by atoms with Crippen LogP contribution in [0.15, 0.2) is 12.1 Å².